The van der Waals surface area contributed by atoms with Crippen LogP contribution in [0.2, 0.25) is 0 Å². The summed E-state index contributed by atoms with van der Waals surface area (Å²) in [4.78, 5) is 0. The summed E-state index contributed by atoms with van der Waals surface area (Å²) in [5, 5.41) is 10.3. The Balaban J connectivity index is 2.23. The van der Waals surface area contributed by atoms with Gasteiger partial charge in [-0.25, -0.2) is 8.78 Å². The lowest BCUT2D eigenvalue weighted by Gasteiger charge is -2.31. The van der Waals surface area contributed by atoms with Gasteiger partial charge in [-0.1, -0.05) is 25.3 Å². The van der Waals surface area contributed by atoms with Gasteiger partial charge in [-0.3, -0.25) is 0 Å². The van der Waals surface area contributed by atoms with Crippen molar-refractivity contribution < 1.29 is 13.9 Å². The van der Waals surface area contributed by atoms with Crippen LogP contribution in [-0.2, 0) is 0 Å². The molecule has 0 heterocycles. The highest BCUT2D eigenvalue weighted by atomic mass is 19.1. The van der Waals surface area contributed by atoms with Crippen LogP contribution in [0, 0.1) is 24.5 Å². The van der Waals surface area contributed by atoms with Crippen molar-refractivity contribution in [1.29, 1.82) is 0 Å². The molecule has 2 atom stereocenters. The summed E-state index contributed by atoms with van der Waals surface area (Å²) < 4.78 is 27.8. The third-order valence-electron chi connectivity index (χ3n) is 4.15. The first-order chi connectivity index (χ1) is 9.02. The van der Waals surface area contributed by atoms with Crippen molar-refractivity contribution in [1.82, 2.24) is 0 Å². The van der Waals surface area contributed by atoms with E-state index in [0.29, 0.717) is 5.56 Å². The molecule has 4 heteroatoms. The number of hydrogen-bond acceptors (Lipinski definition) is 2. The zero-order valence-electron chi connectivity index (χ0n) is 11.2. The average molecular weight is 269 g/mol. The van der Waals surface area contributed by atoms with Crippen molar-refractivity contribution in [3.8, 4) is 0 Å². The summed E-state index contributed by atoms with van der Waals surface area (Å²) in [5.41, 5.74) is 6.08. The second-order valence-corrected chi connectivity index (χ2v) is 5.51. The van der Waals surface area contributed by atoms with Gasteiger partial charge in [0.15, 0.2) is 0 Å². The third kappa shape index (κ3) is 2.95. The van der Waals surface area contributed by atoms with Gasteiger partial charge in [0.1, 0.15) is 11.6 Å². The molecular weight excluding hydrogens is 248 g/mol. The number of aliphatic hydroxyl groups is 1. The predicted molar refractivity (Wildman–Crippen MR) is 70.6 cm³/mol. The highest BCUT2D eigenvalue weighted by molar-refractivity contribution is 5.29. The van der Waals surface area contributed by atoms with Crippen LogP contribution in [-0.4, -0.2) is 11.2 Å². The first-order valence-corrected chi connectivity index (χ1v) is 6.90. The number of aliphatic hydroxyl groups excluding tert-OH is 1. The van der Waals surface area contributed by atoms with Crippen LogP contribution in [0.4, 0.5) is 8.78 Å². The van der Waals surface area contributed by atoms with E-state index >= 15 is 0 Å². The molecule has 0 unspecified atom stereocenters. The fraction of sp³-hybridized carbons (Fsp3) is 0.600. The number of benzene rings is 1. The van der Waals surface area contributed by atoms with Crippen LogP contribution in [0.3, 0.4) is 0 Å². The Bertz CT molecular complexity index is 444. The number of rotatable bonds is 3. The van der Waals surface area contributed by atoms with Crippen LogP contribution in [0.25, 0.3) is 0 Å². The Morgan fingerprint density at radius 2 is 1.84 bits per heavy atom. The lowest BCUT2D eigenvalue weighted by molar-refractivity contribution is 0.0596. The SMILES string of the molecule is Cc1ccc(F)c([C@@H](N)[C@@H](O)C2CCCCC2)c1F. The van der Waals surface area contributed by atoms with E-state index in [1.54, 1.807) is 6.92 Å². The maximum absolute atomic E-state index is 14.0. The highest BCUT2D eigenvalue weighted by Crippen LogP contribution is 2.33. The normalized spacial score (nSPS) is 20.3. The molecule has 1 aromatic carbocycles. The topological polar surface area (TPSA) is 46.2 Å². The van der Waals surface area contributed by atoms with Crippen molar-refractivity contribution in [3.05, 3.63) is 34.9 Å². The summed E-state index contributed by atoms with van der Waals surface area (Å²) in [5.74, 6) is -1.27. The number of hydrogen-bond donors (Lipinski definition) is 2. The minimum absolute atomic E-state index is 0.0445. The molecular formula is C15H21F2NO. The Morgan fingerprint density at radius 3 is 2.47 bits per heavy atom. The molecule has 1 aliphatic carbocycles. The molecule has 1 aromatic rings. The predicted octanol–water partition coefficient (Wildman–Crippen LogP) is 3.21. The van der Waals surface area contributed by atoms with Gasteiger partial charge in [0.2, 0.25) is 0 Å². The van der Waals surface area contributed by atoms with E-state index in [0.717, 1.165) is 32.1 Å². The van der Waals surface area contributed by atoms with Gasteiger partial charge < -0.3 is 10.8 Å². The quantitative estimate of drug-likeness (QED) is 0.885. The number of halogens is 2. The zero-order valence-corrected chi connectivity index (χ0v) is 11.2. The summed E-state index contributed by atoms with van der Waals surface area (Å²) in [6.45, 7) is 1.57. The molecule has 2 rings (SSSR count). The van der Waals surface area contributed by atoms with Gasteiger partial charge in [-0.05, 0) is 37.3 Å². The van der Waals surface area contributed by atoms with E-state index in [-0.39, 0.29) is 11.5 Å². The molecule has 0 bridgehead atoms. The molecule has 0 amide bonds. The molecule has 0 radical (unpaired) electrons. The van der Waals surface area contributed by atoms with Gasteiger partial charge in [-0.2, -0.15) is 0 Å². The van der Waals surface area contributed by atoms with Gasteiger partial charge in [0.05, 0.1) is 12.1 Å². The molecule has 0 aromatic heterocycles. The van der Waals surface area contributed by atoms with Crippen LogP contribution in [0.15, 0.2) is 12.1 Å². The molecule has 19 heavy (non-hydrogen) atoms. The van der Waals surface area contributed by atoms with Gasteiger partial charge in [0.25, 0.3) is 0 Å². The van der Waals surface area contributed by atoms with Crippen LogP contribution >= 0.6 is 0 Å². The van der Waals surface area contributed by atoms with Gasteiger partial charge in [-0.15, -0.1) is 0 Å². The van der Waals surface area contributed by atoms with E-state index in [9.17, 15) is 13.9 Å². The maximum Gasteiger partial charge on any atom is 0.133 e. The van der Waals surface area contributed by atoms with Crippen molar-refractivity contribution in [3.63, 3.8) is 0 Å². The number of nitrogens with two attached hydrogens (primary N) is 1. The molecule has 1 aliphatic rings. The van der Waals surface area contributed by atoms with Crippen molar-refractivity contribution >= 4 is 0 Å². The fourth-order valence-electron chi connectivity index (χ4n) is 2.92. The zero-order chi connectivity index (χ0) is 14.0. The Hall–Kier alpha value is -1.00. The van der Waals surface area contributed by atoms with E-state index in [4.69, 9.17) is 5.73 Å². The monoisotopic (exact) mass is 269 g/mol. The Labute approximate surface area is 112 Å². The summed E-state index contributed by atoms with van der Waals surface area (Å²) in [6.07, 6.45) is 4.13. The van der Waals surface area contributed by atoms with E-state index in [1.165, 1.54) is 12.1 Å². The standard InChI is InChI=1S/C15H21F2NO/c1-9-7-8-11(16)12(13(9)17)14(18)15(19)10-5-3-2-4-6-10/h7-8,10,14-15,19H,2-6,18H2,1H3/t14-,15+/m1/s1. The molecule has 0 aliphatic heterocycles. The summed E-state index contributed by atoms with van der Waals surface area (Å²) >= 11 is 0. The highest BCUT2D eigenvalue weighted by Gasteiger charge is 2.31. The van der Waals surface area contributed by atoms with Crippen LogP contribution in [0.5, 0.6) is 0 Å². The van der Waals surface area contributed by atoms with E-state index in [1.807, 2.05) is 0 Å². The summed E-state index contributed by atoms with van der Waals surface area (Å²) in [6, 6.07) is 1.60. The maximum atomic E-state index is 14.0. The lowest BCUT2D eigenvalue weighted by Crippen LogP contribution is -2.35. The molecule has 106 valence electrons. The van der Waals surface area contributed by atoms with Crippen molar-refractivity contribution in [2.24, 2.45) is 11.7 Å². The molecule has 1 fully saturated rings. The van der Waals surface area contributed by atoms with Crippen LogP contribution in [0.1, 0.15) is 49.3 Å². The van der Waals surface area contributed by atoms with Crippen molar-refractivity contribution in [2.75, 3.05) is 0 Å². The van der Waals surface area contributed by atoms with Gasteiger partial charge >= 0.3 is 0 Å². The average Bonchev–Trinajstić information content (AvgIpc) is 2.43. The van der Waals surface area contributed by atoms with E-state index < -0.39 is 23.8 Å². The van der Waals surface area contributed by atoms with Gasteiger partial charge in [0, 0.05) is 5.56 Å². The minimum atomic E-state index is -0.997. The largest absolute Gasteiger partial charge is 0.391 e. The molecule has 3 N–H and O–H groups in total. The second kappa shape index (κ2) is 5.97. The molecule has 2 nitrogen and oxygen atoms in total. The fourth-order valence-corrected chi connectivity index (χ4v) is 2.92. The van der Waals surface area contributed by atoms with Crippen molar-refractivity contribution in [2.45, 2.75) is 51.2 Å². The van der Waals surface area contributed by atoms with Crippen LogP contribution < -0.4 is 5.73 Å². The molecule has 0 saturated heterocycles. The Kier molecular flexibility index (Phi) is 4.53. The lowest BCUT2D eigenvalue weighted by atomic mass is 9.81. The minimum Gasteiger partial charge on any atom is -0.391 e. The first-order valence-electron chi connectivity index (χ1n) is 6.90. The first kappa shape index (κ1) is 14.4. The third-order valence-corrected chi connectivity index (χ3v) is 4.15. The smallest absolute Gasteiger partial charge is 0.133 e. The molecule has 0 spiro atoms. The molecule has 1 saturated carbocycles. The second-order valence-electron chi connectivity index (χ2n) is 5.51. The van der Waals surface area contributed by atoms with E-state index in [2.05, 4.69) is 0 Å². The summed E-state index contributed by atoms with van der Waals surface area (Å²) in [7, 11) is 0. The number of aryl methyl sites for hydroxylation is 1. The Morgan fingerprint density at radius 1 is 1.21 bits per heavy atom.